The molecule has 1 N–H and O–H groups in total. The molecule has 0 unspecified atom stereocenters. The average molecular weight is 278 g/mol. The first kappa shape index (κ1) is 13.1. The molecule has 0 aromatic carbocycles. The van der Waals surface area contributed by atoms with E-state index in [2.05, 4.69) is 10.2 Å². The Labute approximate surface area is 121 Å². The van der Waals surface area contributed by atoms with E-state index in [9.17, 15) is 4.79 Å². The Hall–Kier alpha value is -0.610. The van der Waals surface area contributed by atoms with Gasteiger partial charge in [-0.1, -0.05) is 0 Å². The fourth-order valence-corrected chi connectivity index (χ4v) is 3.97. The molecule has 0 radical (unpaired) electrons. The Kier molecular flexibility index (Phi) is 3.47. The van der Waals surface area contributed by atoms with E-state index in [1.807, 2.05) is 0 Å². The van der Waals surface area contributed by atoms with E-state index in [1.54, 1.807) is 0 Å². The highest BCUT2D eigenvalue weighted by atomic mass is 16.5. The smallest absolute Gasteiger partial charge is 0.223 e. The lowest BCUT2D eigenvalue weighted by Gasteiger charge is -2.37. The van der Waals surface area contributed by atoms with Crippen LogP contribution in [0, 0.1) is 11.8 Å². The Bertz CT molecular complexity index is 379. The van der Waals surface area contributed by atoms with Gasteiger partial charge < -0.3 is 10.1 Å². The highest BCUT2D eigenvalue weighted by molar-refractivity contribution is 5.79. The highest BCUT2D eigenvalue weighted by Gasteiger charge is 2.44. The van der Waals surface area contributed by atoms with Crippen LogP contribution < -0.4 is 5.32 Å². The molecule has 4 fully saturated rings. The lowest BCUT2D eigenvalue weighted by atomic mass is 9.92. The summed E-state index contributed by atoms with van der Waals surface area (Å²) in [7, 11) is 0. The number of rotatable bonds is 4. The van der Waals surface area contributed by atoms with Crippen LogP contribution >= 0.6 is 0 Å². The zero-order valence-electron chi connectivity index (χ0n) is 12.2. The number of ether oxygens (including phenoxy) is 1. The first-order valence-electron chi connectivity index (χ1n) is 8.45. The molecule has 4 rings (SSSR count). The predicted octanol–water partition coefficient (Wildman–Crippen LogP) is 1.54. The summed E-state index contributed by atoms with van der Waals surface area (Å²) in [6, 6.07) is 0.968. The van der Waals surface area contributed by atoms with Crippen LogP contribution in [-0.2, 0) is 9.53 Å². The predicted molar refractivity (Wildman–Crippen MR) is 76.3 cm³/mol. The van der Waals surface area contributed by atoms with Gasteiger partial charge in [-0.3, -0.25) is 9.69 Å². The van der Waals surface area contributed by atoms with Crippen molar-refractivity contribution in [2.45, 2.75) is 63.1 Å². The summed E-state index contributed by atoms with van der Waals surface area (Å²) in [5, 5.41) is 3.22. The average Bonchev–Trinajstić information content (AvgIpc) is 3.09. The first-order chi connectivity index (χ1) is 9.79. The Morgan fingerprint density at radius 2 is 2.05 bits per heavy atom. The summed E-state index contributed by atoms with van der Waals surface area (Å²) in [4.78, 5) is 15.0. The molecule has 1 heterocycles. The third kappa shape index (κ3) is 2.60. The molecule has 112 valence electrons. The van der Waals surface area contributed by atoms with E-state index in [-0.39, 0.29) is 5.92 Å². The van der Waals surface area contributed by atoms with Crippen LogP contribution in [0.5, 0.6) is 0 Å². The number of carbonyl (C=O) groups excluding carboxylic acids is 1. The molecule has 1 aliphatic heterocycles. The number of nitrogens with one attached hydrogen (secondary N) is 1. The van der Waals surface area contributed by atoms with Crippen LogP contribution in [0.4, 0.5) is 0 Å². The van der Waals surface area contributed by atoms with Crippen LogP contribution in [0.2, 0.25) is 0 Å². The van der Waals surface area contributed by atoms with Gasteiger partial charge in [-0.15, -0.1) is 0 Å². The third-order valence-electron chi connectivity index (χ3n) is 5.66. The summed E-state index contributed by atoms with van der Waals surface area (Å²) < 4.78 is 5.94. The molecule has 0 bridgehead atoms. The Morgan fingerprint density at radius 1 is 1.20 bits per heavy atom. The van der Waals surface area contributed by atoms with E-state index in [1.165, 1.54) is 38.6 Å². The second-order valence-electron chi connectivity index (χ2n) is 7.22. The van der Waals surface area contributed by atoms with Gasteiger partial charge in [0.05, 0.1) is 12.7 Å². The molecule has 0 aromatic rings. The van der Waals surface area contributed by atoms with Crippen LogP contribution in [0.15, 0.2) is 0 Å². The lowest BCUT2D eigenvalue weighted by molar-refractivity contribution is -0.126. The summed E-state index contributed by atoms with van der Waals surface area (Å²) in [5.74, 6) is 1.40. The van der Waals surface area contributed by atoms with Gasteiger partial charge in [-0.05, 0) is 50.9 Å². The maximum absolute atomic E-state index is 12.3. The number of amides is 1. The van der Waals surface area contributed by atoms with Gasteiger partial charge in [0.15, 0.2) is 0 Å². The monoisotopic (exact) mass is 278 g/mol. The highest BCUT2D eigenvalue weighted by Crippen LogP contribution is 2.38. The summed E-state index contributed by atoms with van der Waals surface area (Å²) in [6.45, 7) is 3.15. The molecule has 4 aliphatic rings. The quantitative estimate of drug-likeness (QED) is 0.848. The number of hydrogen-bond donors (Lipinski definition) is 1. The second kappa shape index (κ2) is 5.30. The van der Waals surface area contributed by atoms with E-state index in [0.29, 0.717) is 24.1 Å². The minimum atomic E-state index is 0.186. The Morgan fingerprint density at radius 3 is 2.75 bits per heavy atom. The molecule has 4 nitrogen and oxygen atoms in total. The van der Waals surface area contributed by atoms with Crippen LogP contribution in [0.25, 0.3) is 0 Å². The molecular weight excluding hydrogens is 252 g/mol. The fraction of sp³-hybridized carbons (Fsp3) is 0.938. The zero-order valence-corrected chi connectivity index (χ0v) is 12.2. The van der Waals surface area contributed by atoms with E-state index >= 15 is 0 Å². The van der Waals surface area contributed by atoms with Crippen molar-refractivity contribution in [2.75, 3.05) is 19.7 Å². The van der Waals surface area contributed by atoms with Gasteiger partial charge >= 0.3 is 0 Å². The van der Waals surface area contributed by atoms with Crippen molar-refractivity contribution >= 4 is 5.91 Å². The zero-order chi connectivity index (χ0) is 13.5. The standard InChI is InChI=1S/C16H26N2O2/c19-16(17-13-2-1-3-13)12-8-14-15(9-12)20-7-6-18(14)10-11-4-5-11/h11-15H,1-10H2,(H,17,19)/t12-,14+,15+/m0/s1. The SMILES string of the molecule is O=C(NC1CCC1)[C@H]1C[C@@H]2[C@@H](C1)OCCN2CC1CC1. The van der Waals surface area contributed by atoms with Crippen molar-refractivity contribution in [3.63, 3.8) is 0 Å². The molecular formula is C16H26N2O2. The molecule has 3 saturated carbocycles. The van der Waals surface area contributed by atoms with Gasteiger partial charge in [0, 0.05) is 31.1 Å². The lowest BCUT2D eigenvalue weighted by Crippen LogP contribution is -2.49. The van der Waals surface area contributed by atoms with Crippen molar-refractivity contribution in [1.29, 1.82) is 0 Å². The molecule has 0 aromatic heterocycles. The number of hydrogen-bond acceptors (Lipinski definition) is 3. The molecule has 3 aliphatic carbocycles. The fourth-order valence-electron chi connectivity index (χ4n) is 3.97. The second-order valence-corrected chi connectivity index (χ2v) is 7.22. The van der Waals surface area contributed by atoms with Crippen molar-refractivity contribution in [3.8, 4) is 0 Å². The molecule has 1 amide bonds. The first-order valence-corrected chi connectivity index (χ1v) is 8.45. The Balaban J connectivity index is 1.35. The van der Waals surface area contributed by atoms with Crippen molar-refractivity contribution in [2.24, 2.45) is 11.8 Å². The van der Waals surface area contributed by atoms with Crippen LogP contribution in [0.3, 0.4) is 0 Å². The van der Waals surface area contributed by atoms with Crippen molar-refractivity contribution < 1.29 is 9.53 Å². The van der Waals surface area contributed by atoms with Crippen LogP contribution in [0.1, 0.15) is 44.9 Å². The maximum atomic E-state index is 12.3. The topological polar surface area (TPSA) is 41.6 Å². The molecule has 0 spiro atoms. The van der Waals surface area contributed by atoms with Gasteiger partial charge in [0.25, 0.3) is 0 Å². The van der Waals surface area contributed by atoms with Gasteiger partial charge in [0.2, 0.25) is 5.91 Å². The van der Waals surface area contributed by atoms with Crippen molar-refractivity contribution in [1.82, 2.24) is 10.2 Å². The summed E-state index contributed by atoms with van der Waals surface area (Å²) >= 11 is 0. The van der Waals surface area contributed by atoms with Crippen LogP contribution in [-0.4, -0.2) is 48.7 Å². The third-order valence-corrected chi connectivity index (χ3v) is 5.66. The van der Waals surface area contributed by atoms with E-state index in [4.69, 9.17) is 4.74 Å². The maximum Gasteiger partial charge on any atom is 0.223 e. The summed E-state index contributed by atoms with van der Waals surface area (Å²) in [6.07, 6.45) is 8.69. The normalized spacial score (nSPS) is 38.3. The number of carbonyl (C=O) groups is 1. The summed E-state index contributed by atoms with van der Waals surface area (Å²) in [5.41, 5.74) is 0. The minimum absolute atomic E-state index is 0.186. The van der Waals surface area contributed by atoms with E-state index in [0.717, 1.165) is 31.9 Å². The van der Waals surface area contributed by atoms with Gasteiger partial charge in [-0.2, -0.15) is 0 Å². The molecule has 4 heteroatoms. The number of morpholine rings is 1. The molecule has 1 saturated heterocycles. The number of nitrogens with zero attached hydrogens (tertiary/aromatic N) is 1. The van der Waals surface area contributed by atoms with E-state index < -0.39 is 0 Å². The van der Waals surface area contributed by atoms with Crippen molar-refractivity contribution in [3.05, 3.63) is 0 Å². The molecule has 3 atom stereocenters. The minimum Gasteiger partial charge on any atom is -0.375 e. The molecule has 20 heavy (non-hydrogen) atoms. The van der Waals surface area contributed by atoms with Gasteiger partial charge in [0.1, 0.15) is 0 Å². The largest absolute Gasteiger partial charge is 0.375 e. The van der Waals surface area contributed by atoms with Gasteiger partial charge in [-0.25, -0.2) is 0 Å². The number of fused-ring (bicyclic) bond motifs is 1.